The minimum absolute atomic E-state index is 0.513. The van der Waals surface area contributed by atoms with Crippen LogP contribution in [0.25, 0.3) is 82.8 Å². The largest absolute Gasteiger partial charge is 0.455 e. The van der Waals surface area contributed by atoms with Crippen LogP contribution in [0.5, 0.6) is 0 Å². The number of hydrogen-bond donors (Lipinski definition) is 0. The van der Waals surface area contributed by atoms with Crippen molar-refractivity contribution in [3.05, 3.63) is 324 Å². The lowest BCUT2D eigenvalue weighted by molar-refractivity contribution is 0.670. The van der Waals surface area contributed by atoms with Gasteiger partial charge in [0.1, 0.15) is 11.2 Å². The summed E-state index contributed by atoms with van der Waals surface area (Å²) in [6.45, 7) is 0. The summed E-state index contributed by atoms with van der Waals surface area (Å²) >= 11 is 0. The third kappa shape index (κ3) is 5.54. The lowest BCUT2D eigenvalue weighted by atomic mass is 9.65. The zero-order valence-corrected chi connectivity index (χ0v) is 41.9. The highest BCUT2D eigenvalue weighted by Crippen LogP contribution is 2.62. The van der Waals surface area contributed by atoms with Crippen molar-refractivity contribution in [2.45, 2.75) is 10.8 Å². The topological polar surface area (TPSA) is 21.3 Å². The predicted octanol–water partition coefficient (Wildman–Crippen LogP) is 18.9. The van der Waals surface area contributed by atoms with Crippen molar-refractivity contribution in [2.75, 3.05) is 4.90 Å². The zero-order chi connectivity index (χ0) is 50.4. The van der Waals surface area contributed by atoms with E-state index in [1.807, 2.05) is 6.07 Å². The molecule has 77 heavy (non-hydrogen) atoms. The summed E-state index contributed by atoms with van der Waals surface area (Å²) in [6, 6.07) is 104. The normalized spacial score (nSPS) is 15.2. The second kappa shape index (κ2) is 15.8. The van der Waals surface area contributed by atoms with Gasteiger partial charge >= 0.3 is 0 Å². The van der Waals surface area contributed by atoms with Crippen LogP contribution >= 0.6 is 0 Å². The Kier molecular flexibility index (Phi) is 8.69. The predicted molar refractivity (Wildman–Crippen MR) is 316 cm³/mol. The number of rotatable bonds is 6. The highest BCUT2D eigenvalue weighted by Gasteiger charge is 2.51. The van der Waals surface area contributed by atoms with Gasteiger partial charge in [-0.15, -0.1) is 0 Å². The van der Waals surface area contributed by atoms with Gasteiger partial charge in [0, 0.05) is 44.2 Å². The van der Waals surface area contributed by atoms with Crippen LogP contribution < -0.4 is 4.90 Å². The Morgan fingerprint density at radius 3 is 1.56 bits per heavy atom. The first-order valence-electron chi connectivity index (χ1n) is 26.7. The van der Waals surface area contributed by atoms with Crippen LogP contribution in [-0.2, 0) is 10.8 Å². The van der Waals surface area contributed by atoms with Gasteiger partial charge in [0.2, 0.25) is 0 Å². The van der Waals surface area contributed by atoms with Crippen molar-refractivity contribution >= 4 is 60.8 Å². The van der Waals surface area contributed by atoms with Gasteiger partial charge in [0.05, 0.1) is 27.6 Å². The summed E-state index contributed by atoms with van der Waals surface area (Å²) in [5, 5.41) is 4.79. The molecule has 14 aromatic rings. The minimum Gasteiger partial charge on any atom is -0.455 e. The number of fused-ring (bicyclic) bond motifs is 18. The van der Waals surface area contributed by atoms with Crippen LogP contribution in [-0.4, -0.2) is 4.57 Å². The average molecular weight is 979 g/mol. The molecule has 0 fully saturated rings. The molecule has 358 valence electrons. The van der Waals surface area contributed by atoms with E-state index in [0.29, 0.717) is 0 Å². The molecule has 1 spiro atoms. The first-order chi connectivity index (χ1) is 38.2. The summed E-state index contributed by atoms with van der Waals surface area (Å²) in [5.41, 5.74) is 25.2. The van der Waals surface area contributed by atoms with E-state index in [9.17, 15) is 0 Å². The maximum absolute atomic E-state index is 6.59. The van der Waals surface area contributed by atoms with Gasteiger partial charge < -0.3 is 13.9 Å². The van der Waals surface area contributed by atoms with Crippen LogP contribution in [0.15, 0.2) is 283 Å². The van der Waals surface area contributed by atoms with E-state index in [2.05, 4.69) is 282 Å². The molecule has 0 bridgehead atoms. The lowest BCUT2D eigenvalue weighted by Gasteiger charge is -2.40. The summed E-state index contributed by atoms with van der Waals surface area (Å²) < 4.78 is 9.11. The van der Waals surface area contributed by atoms with Crippen molar-refractivity contribution < 1.29 is 4.42 Å². The van der Waals surface area contributed by atoms with Crippen LogP contribution in [0.4, 0.5) is 17.1 Å². The first kappa shape index (κ1) is 42.4. The summed E-state index contributed by atoms with van der Waals surface area (Å²) in [5.74, 6) is 0. The summed E-state index contributed by atoms with van der Waals surface area (Å²) in [4.78, 5) is 2.46. The van der Waals surface area contributed by atoms with Gasteiger partial charge in [-0.3, -0.25) is 0 Å². The van der Waals surface area contributed by atoms with E-state index in [1.54, 1.807) is 0 Å². The third-order valence-electron chi connectivity index (χ3n) is 17.5. The molecule has 3 nitrogen and oxygen atoms in total. The molecular weight excluding hydrogens is 933 g/mol. The molecule has 1 unspecified atom stereocenters. The molecule has 2 aliphatic carbocycles. The van der Waals surface area contributed by atoms with E-state index in [1.165, 1.54) is 94.3 Å². The van der Waals surface area contributed by atoms with Gasteiger partial charge in [-0.2, -0.15) is 0 Å². The van der Waals surface area contributed by atoms with Crippen molar-refractivity contribution in [1.82, 2.24) is 4.57 Å². The van der Waals surface area contributed by atoms with Gasteiger partial charge in [-0.05, 0) is 127 Å². The molecule has 3 aliphatic rings. The van der Waals surface area contributed by atoms with Gasteiger partial charge in [-0.1, -0.05) is 224 Å². The molecule has 2 aromatic heterocycles. The Hall–Kier alpha value is -9.96. The number of furan rings is 1. The fraction of sp³-hybridized carbons (Fsp3) is 0.0270. The molecule has 3 heteroatoms. The van der Waals surface area contributed by atoms with E-state index < -0.39 is 10.8 Å². The molecular formula is C74H46N2O. The van der Waals surface area contributed by atoms with Crippen LogP contribution in [0.2, 0.25) is 0 Å². The molecule has 0 radical (unpaired) electrons. The minimum atomic E-state index is -0.599. The van der Waals surface area contributed by atoms with Gasteiger partial charge in [0.25, 0.3) is 0 Å². The van der Waals surface area contributed by atoms with E-state index in [-0.39, 0.29) is 0 Å². The number of para-hydroxylation sites is 5. The second-order valence-corrected chi connectivity index (χ2v) is 21.0. The first-order valence-corrected chi connectivity index (χ1v) is 26.7. The molecule has 0 amide bonds. The molecule has 1 aliphatic heterocycles. The van der Waals surface area contributed by atoms with Crippen molar-refractivity contribution in [3.63, 3.8) is 0 Å². The maximum atomic E-state index is 6.59. The quantitative estimate of drug-likeness (QED) is 0.166. The Labute approximate surface area is 445 Å². The van der Waals surface area contributed by atoms with Crippen molar-refractivity contribution in [1.29, 1.82) is 0 Å². The van der Waals surface area contributed by atoms with Crippen LogP contribution in [0.1, 0.15) is 44.5 Å². The van der Waals surface area contributed by atoms with Crippen molar-refractivity contribution in [3.8, 4) is 39.1 Å². The molecule has 12 aromatic carbocycles. The Bertz CT molecular complexity index is 4710. The van der Waals surface area contributed by atoms with E-state index >= 15 is 0 Å². The number of benzene rings is 12. The third-order valence-corrected chi connectivity index (χ3v) is 17.5. The zero-order valence-electron chi connectivity index (χ0n) is 41.9. The fourth-order valence-electron chi connectivity index (χ4n) is 14.5. The van der Waals surface area contributed by atoms with Gasteiger partial charge in [-0.25, -0.2) is 0 Å². The Morgan fingerprint density at radius 2 is 0.818 bits per heavy atom. The highest BCUT2D eigenvalue weighted by molar-refractivity contribution is 6.13. The van der Waals surface area contributed by atoms with Crippen molar-refractivity contribution in [2.24, 2.45) is 0 Å². The maximum Gasteiger partial charge on any atom is 0.143 e. The van der Waals surface area contributed by atoms with E-state index in [4.69, 9.17) is 4.42 Å². The number of hydrogen-bond acceptors (Lipinski definition) is 2. The van der Waals surface area contributed by atoms with E-state index in [0.717, 1.165) is 50.1 Å². The standard InChI is InChI=1S/C74H46N2O/c1-2-18-48(19-3-1)73(62-28-9-4-20-54(62)55-21-5-10-29-63(55)73)49-38-42-51(43-39-49)75(50-40-36-47(37-41-50)53-25-16-27-61-59-24-8-15-35-70(59)77-72(53)61)52-44-45-57-56-22-6-11-30-64(56)74(67(57)46-52)65-31-12-14-34-69(65)76-68-33-13-7-23-58(68)60-26-17-32-66(74)71(60)76/h1-46H. The second-order valence-electron chi connectivity index (χ2n) is 21.0. The lowest BCUT2D eigenvalue weighted by Crippen LogP contribution is -2.33. The molecule has 0 N–H and O–H groups in total. The fourth-order valence-corrected chi connectivity index (χ4v) is 14.5. The molecule has 17 rings (SSSR count). The Balaban J connectivity index is 0.897. The number of nitrogens with zero attached hydrogens (tertiary/aromatic N) is 2. The smallest absolute Gasteiger partial charge is 0.143 e. The Morgan fingerprint density at radius 1 is 0.312 bits per heavy atom. The van der Waals surface area contributed by atoms with Crippen LogP contribution in [0, 0.1) is 0 Å². The average Bonchev–Trinajstić information content (AvgIpc) is 4.39. The molecule has 0 saturated heterocycles. The monoisotopic (exact) mass is 978 g/mol. The number of anilines is 3. The van der Waals surface area contributed by atoms with Crippen LogP contribution in [0.3, 0.4) is 0 Å². The molecule has 0 saturated carbocycles. The SMILES string of the molecule is c1ccc(C2(c3ccc(N(c4ccc(-c5cccc6c5oc5ccccc56)cc4)c4ccc5c(c4)C4(c6ccccc6-5)c5ccccc5-n5c6ccccc6c6cccc4c65)cc3)c3ccccc3-c3ccccc32)cc1. The molecule has 1 atom stereocenters. The summed E-state index contributed by atoms with van der Waals surface area (Å²) in [6.07, 6.45) is 0. The van der Waals surface area contributed by atoms with Gasteiger partial charge in [0.15, 0.2) is 0 Å². The molecule has 3 heterocycles. The summed E-state index contributed by atoms with van der Waals surface area (Å²) in [7, 11) is 0. The number of aromatic nitrogens is 1. The highest BCUT2D eigenvalue weighted by atomic mass is 16.3.